The van der Waals surface area contributed by atoms with Crippen LogP contribution in [0.25, 0.3) is 0 Å². The third kappa shape index (κ3) is 5.38. The molecule has 0 spiro atoms. The number of carbonyl (C=O) groups is 1. The molecule has 0 aromatic carbocycles. The summed E-state index contributed by atoms with van der Waals surface area (Å²) in [6.45, 7) is 5.47. The van der Waals surface area contributed by atoms with Crippen LogP contribution in [0, 0.1) is 0 Å². The van der Waals surface area contributed by atoms with E-state index in [4.69, 9.17) is 11.6 Å². The fourth-order valence-corrected chi connectivity index (χ4v) is 0.412. The Morgan fingerprint density at radius 1 is 1.70 bits per heavy atom. The second kappa shape index (κ2) is 5.06. The van der Waals surface area contributed by atoms with Gasteiger partial charge in [-0.2, -0.15) is 0 Å². The Balaban J connectivity index is 3.67. The molecule has 0 rings (SSSR count). The van der Waals surface area contributed by atoms with Crippen molar-refractivity contribution < 1.29 is 9.53 Å². The Morgan fingerprint density at radius 3 is 2.70 bits per heavy atom. The van der Waals surface area contributed by atoms with Crippen LogP contribution in [0.2, 0.25) is 0 Å². The van der Waals surface area contributed by atoms with Crippen molar-refractivity contribution in [2.45, 2.75) is 6.92 Å². The fourth-order valence-electron chi connectivity index (χ4n) is 0.349. The lowest BCUT2D eigenvalue weighted by Crippen LogP contribution is -1.98. The molecule has 0 aromatic heterocycles. The van der Waals surface area contributed by atoms with Gasteiger partial charge in [0.15, 0.2) is 0 Å². The summed E-state index contributed by atoms with van der Waals surface area (Å²) in [6.07, 6.45) is 2.62. The Hall–Kier alpha value is -0.760. The zero-order valence-electron chi connectivity index (χ0n) is 5.76. The van der Waals surface area contributed by atoms with Crippen molar-refractivity contribution in [2.24, 2.45) is 0 Å². The Kier molecular flexibility index (Phi) is 4.67. The van der Waals surface area contributed by atoms with Crippen LogP contribution in [0.1, 0.15) is 6.92 Å². The van der Waals surface area contributed by atoms with E-state index in [9.17, 15) is 4.79 Å². The van der Waals surface area contributed by atoms with Crippen LogP contribution in [0.4, 0.5) is 0 Å². The van der Waals surface area contributed by atoms with E-state index in [2.05, 4.69) is 11.3 Å². The van der Waals surface area contributed by atoms with Crippen LogP contribution in [-0.4, -0.2) is 12.6 Å². The summed E-state index contributed by atoms with van der Waals surface area (Å²) in [5.74, 6) is -0.399. The second-order valence-electron chi connectivity index (χ2n) is 1.53. The normalized spacial score (nSPS) is 9.80. The zero-order chi connectivity index (χ0) is 7.98. The molecular formula is C7H9ClO2. The molecule has 0 atom stereocenters. The monoisotopic (exact) mass is 160 g/mol. The average molecular weight is 161 g/mol. The molecule has 3 heteroatoms. The quantitative estimate of drug-likeness (QED) is 0.358. The van der Waals surface area contributed by atoms with Gasteiger partial charge in [0.2, 0.25) is 0 Å². The molecule has 0 fully saturated rings. The standard InChI is InChI=1S/C7H9ClO2/c1-3-10-7(9)5-4-6(2)8/h4-5H,2-3H2,1H3/b5-4-. The van der Waals surface area contributed by atoms with E-state index < -0.39 is 5.97 Å². The predicted molar refractivity (Wildman–Crippen MR) is 40.8 cm³/mol. The van der Waals surface area contributed by atoms with Gasteiger partial charge in [0.25, 0.3) is 0 Å². The molecule has 2 nitrogen and oxygen atoms in total. The molecular weight excluding hydrogens is 152 g/mol. The van der Waals surface area contributed by atoms with Gasteiger partial charge in [0.05, 0.1) is 6.61 Å². The summed E-state index contributed by atoms with van der Waals surface area (Å²) < 4.78 is 4.57. The smallest absolute Gasteiger partial charge is 0.330 e. The van der Waals surface area contributed by atoms with E-state index >= 15 is 0 Å². The van der Waals surface area contributed by atoms with Gasteiger partial charge in [-0.15, -0.1) is 0 Å². The number of ether oxygens (including phenoxy) is 1. The van der Waals surface area contributed by atoms with Gasteiger partial charge in [-0.05, 0) is 13.0 Å². The average Bonchev–Trinajstić information content (AvgIpc) is 1.85. The van der Waals surface area contributed by atoms with Crippen molar-refractivity contribution >= 4 is 17.6 Å². The van der Waals surface area contributed by atoms with E-state index in [1.807, 2.05) is 0 Å². The number of hydrogen-bond acceptors (Lipinski definition) is 2. The number of esters is 1. The van der Waals surface area contributed by atoms with Gasteiger partial charge in [-0.3, -0.25) is 0 Å². The van der Waals surface area contributed by atoms with E-state index in [0.717, 1.165) is 0 Å². The highest BCUT2D eigenvalue weighted by molar-refractivity contribution is 6.31. The lowest BCUT2D eigenvalue weighted by molar-refractivity contribution is -0.137. The molecule has 0 saturated carbocycles. The van der Waals surface area contributed by atoms with Crippen LogP contribution in [-0.2, 0) is 9.53 Å². The summed E-state index contributed by atoms with van der Waals surface area (Å²) in [5, 5.41) is 0.313. The number of allylic oxidation sites excluding steroid dienone is 2. The van der Waals surface area contributed by atoms with Crippen molar-refractivity contribution in [3.05, 3.63) is 23.8 Å². The maximum absolute atomic E-state index is 10.5. The van der Waals surface area contributed by atoms with Crippen molar-refractivity contribution in [3.8, 4) is 0 Å². The summed E-state index contributed by atoms with van der Waals surface area (Å²) in [7, 11) is 0. The zero-order valence-corrected chi connectivity index (χ0v) is 6.52. The number of halogens is 1. The highest BCUT2D eigenvalue weighted by Gasteiger charge is 1.91. The predicted octanol–water partition coefficient (Wildman–Crippen LogP) is 1.86. The minimum atomic E-state index is -0.399. The van der Waals surface area contributed by atoms with Crippen molar-refractivity contribution in [1.29, 1.82) is 0 Å². The van der Waals surface area contributed by atoms with E-state index in [1.54, 1.807) is 6.92 Å². The molecule has 0 aliphatic rings. The topological polar surface area (TPSA) is 26.3 Å². The Morgan fingerprint density at radius 2 is 2.30 bits per heavy atom. The van der Waals surface area contributed by atoms with Crippen LogP contribution in [0.5, 0.6) is 0 Å². The maximum Gasteiger partial charge on any atom is 0.330 e. The van der Waals surface area contributed by atoms with E-state index in [-0.39, 0.29) is 0 Å². The third-order valence-electron chi connectivity index (χ3n) is 0.687. The molecule has 0 bridgehead atoms. The minimum Gasteiger partial charge on any atom is -0.463 e. The van der Waals surface area contributed by atoms with Crippen molar-refractivity contribution in [1.82, 2.24) is 0 Å². The SMILES string of the molecule is C=C(Cl)/C=C\C(=O)OCC. The molecule has 0 aliphatic heterocycles. The Labute approximate surface area is 65.1 Å². The summed E-state index contributed by atoms with van der Waals surface area (Å²) in [4.78, 5) is 10.5. The molecule has 0 aromatic rings. The Bertz CT molecular complexity index is 161. The fraction of sp³-hybridized carbons (Fsp3) is 0.286. The lowest BCUT2D eigenvalue weighted by atomic mass is 10.5. The molecule has 0 radical (unpaired) electrons. The van der Waals surface area contributed by atoms with Gasteiger partial charge < -0.3 is 4.74 Å². The number of hydrogen-bond donors (Lipinski definition) is 0. The molecule has 0 aliphatic carbocycles. The van der Waals surface area contributed by atoms with Crippen molar-refractivity contribution in [3.63, 3.8) is 0 Å². The van der Waals surface area contributed by atoms with Crippen LogP contribution in [0.3, 0.4) is 0 Å². The summed E-state index contributed by atoms with van der Waals surface area (Å²) in [5.41, 5.74) is 0. The molecule has 0 heterocycles. The summed E-state index contributed by atoms with van der Waals surface area (Å²) >= 11 is 5.33. The first kappa shape index (κ1) is 9.24. The highest BCUT2D eigenvalue weighted by Crippen LogP contribution is 1.97. The van der Waals surface area contributed by atoms with Gasteiger partial charge >= 0.3 is 5.97 Å². The second-order valence-corrected chi connectivity index (χ2v) is 2.02. The maximum atomic E-state index is 10.5. The van der Waals surface area contributed by atoms with Crippen molar-refractivity contribution in [2.75, 3.05) is 6.61 Å². The first-order valence-corrected chi connectivity index (χ1v) is 3.24. The summed E-state index contributed by atoms with van der Waals surface area (Å²) in [6, 6.07) is 0. The third-order valence-corrected chi connectivity index (χ3v) is 0.813. The van der Waals surface area contributed by atoms with Gasteiger partial charge in [0.1, 0.15) is 0 Å². The molecule has 10 heavy (non-hydrogen) atoms. The van der Waals surface area contributed by atoms with Gasteiger partial charge in [-0.25, -0.2) is 4.79 Å². The number of rotatable bonds is 3. The highest BCUT2D eigenvalue weighted by atomic mass is 35.5. The molecule has 0 N–H and O–H groups in total. The molecule has 0 saturated heterocycles. The van der Waals surface area contributed by atoms with Crippen LogP contribution < -0.4 is 0 Å². The largest absolute Gasteiger partial charge is 0.463 e. The van der Waals surface area contributed by atoms with E-state index in [0.29, 0.717) is 11.6 Å². The first-order valence-electron chi connectivity index (χ1n) is 2.86. The molecule has 56 valence electrons. The first-order chi connectivity index (χ1) is 4.66. The van der Waals surface area contributed by atoms with E-state index in [1.165, 1.54) is 12.2 Å². The molecule has 0 unspecified atom stereocenters. The van der Waals surface area contributed by atoms with Crippen LogP contribution in [0.15, 0.2) is 23.8 Å². The van der Waals surface area contributed by atoms with Gasteiger partial charge in [0, 0.05) is 11.1 Å². The molecule has 0 amide bonds. The van der Waals surface area contributed by atoms with Crippen LogP contribution >= 0.6 is 11.6 Å². The number of carbonyl (C=O) groups excluding carboxylic acids is 1. The lowest BCUT2D eigenvalue weighted by Gasteiger charge is -1.92. The van der Waals surface area contributed by atoms with Gasteiger partial charge in [-0.1, -0.05) is 18.2 Å². The minimum absolute atomic E-state index is 0.313.